The zero-order chi connectivity index (χ0) is 34.5. The van der Waals surface area contributed by atoms with Gasteiger partial charge < -0.3 is 20.1 Å². The lowest BCUT2D eigenvalue weighted by Crippen LogP contribution is -2.72. The molecule has 2 saturated heterocycles. The van der Waals surface area contributed by atoms with Crippen LogP contribution in [0.5, 0.6) is 0 Å². The summed E-state index contributed by atoms with van der Waals surface area (Å²) in [6.45, 7) is -0.109. The second-order valence-corrected chi connectivity index (χ2v) is 14.2. The molecular weight excluding hydrogens is 673 g/mol. The minimum absolute atomic E-state index is 0.138. The maximum Gasteiger partial charge on any atom is 0.328 e. The van der Waals surface area contributed by atoms with Crippen molar-refractivity contribution in [1.29, 1.82) is 0 Å². The molecular formula is C37H34N6O5S2. The molecule has 2 N–H and O–H groups in total. The highest BCUT2D eigenvalue weighted by molar-refractivity contribution is 8.00. The lowest BCUT2D eigenvalue weighted by Gasteiger charge is -2.53. The SMILES string of the molecule is NC1C(=O)N2CC(CSc3nnnn3CC(=O)OC(c3ccccc3)c3ccccc3)(C(=O)OC(c3ccccc3)c3ccccc3)CS[C@H]12. The van der Waals surface area contributed by atoms with Gasteiger partial charge in [0.1, 0.15) is 23.4 Å². The molecule has 4 aromatic carbocycles. The molecule has 1 amide bonds. The van der Waals surface area contributed by atoms with Gasteiger partial charge in [-0.1, -0.05) is 133 Å². The van der Waals surface area contributed by atoms with E-state index in [-0.39, 0.29) is 30.1 Å². The fourth-order valence-electron chi connectivity index (χ4n) is 6.09. The van der Waals surface area contributed by atoms with Crippen LogP contribution in [0.3, 0.4) is 0 Å². The zero-order valence-corrected chi connectivity index (χ0v) is 28.5. The molecule has 11 nitrogen and oxygen atoms in total. The highest BCUT2D eigenvalue weighted by atomic mass is 32.2. The van der Waals surface area contributed by atoms with E-state index in [9.17, 15) is 14.4 Å². The number of carbonyl (C=O) groups excluding carboxylic acids is 3. The van der Waals surface area contributed by atoms with Crippen LogP contribution in [0.1, 0.15) is 34.5 Å². The number of nitrogens with two attached hydrogens (primary N) is 1. The normalized spacial score (nSPS) is 19.9. The third-order valence-corrected chi connectivity index (χ3v) is 11.6. The van der Waals surface area contributed by atoms with Crippen LogP contribution in [-0.4, -0.2) is 72.4 Å². The summed E-state index contributed by atoms with van der Waals surface area (Å²) in [7, 11) is 0. The van der Waals surface area contributed by atoms with Crippen LogP contribution in [0.25, 0.3) is 0 Å². The summed E-state index contributed by atoms with van der Waals surface area (Å²) in [4.78, 5) is 42.2. The molecule has 2 fully saturated rings. The number of thioether (sulfide) groups is 2. The number of aromatic nitrogens is 4. The Hall–Kier alpha value is -4.98. The van der Waals surface area contributed by atoms with Crippen LogP contribution in [0.15, 0.2) is 126 Å². The van der Waals surface area contributed by atoms with Crippen LogP contribution < -0.4 is 5.73 Å². The highest BCUT2D eigenvalue weighted by Crippen LogP contribution is 2.45. The average Bonchev–Trinajstić information content (AvgIpc) is 3.62. The summed E-state index contributed by atoms with van der Waals surface area (Å²) in [5.74, 6) is -0.625. The maximum atomic E-state index is 14.4. The molecule has 50 heavy (non-hydrogen) atoms. The summed E-state index contributed by atoms with van der Waals surface area (Å²) in [6.07, 6.45) is -1.28. The molecule has 13 heteroatoms. The summed E-state index contributed by atoms with van der Waals surface area (Å²) in [5.41, 5.74) is 8.28. The number of carbonyl (C=O) groups is 3. The number of esters is 2. The monoisotopic (exact) mass is 706 g/mol. The minimum atomic E-state index is -1.12. The molecule has 1 aromatic heterocycles. The number of hydrogen-bond donors (Lipinski definition) is 1. The topological polar surface area (TPSA) is 143 Å². The number of amides is 1. The van der Waals surface area contributed by atoms with E-state index in [1.165, 1.54) is 28.2 Å². The Labute approximate surface area is 297 Å². The Morgan fingerprint density at radius 2 is 1.32 bits per heavy atom. The standard InChI is InChI=1S/C37H34N6O5S2/c38-30-33(45)42-22-37(23-49-34(30)42,35(46)48-32(27-17-9-3-10-18-27)28-19-11-4-12-20-28)24-50-36-39-40-41-43(36)21-29(44)47-31(25-13-5-1-6-14-25)26-15-7-2-8-16-26/h1-20,30-32,34H,21-24,38H2/t30?,34-,37?/m1/s1. The van der Waals surface area contributed by atoms with Crippen molar-refractivity contribution in [3.63, 3.8) is 0 Å². The molecule has 7 rings (SSSR count). The van der Waals surface area contributed by atoms with Gasteiger partial charge in [-0.25, -0.2) is 4.68 Å². The Morgan fingerprint density at radius 3 is 1.84 bits per heavy atom. The fraction of sp³-hybridized carbons (Fsp3) is 0.243. The van der Waals surface area contributed by atoms with Gasteiger partial charge in [0.2, 0.25) is 11.1 Å². The van der Waals surface area contributed by atoms with E-state index in [4.69, 9.17) is 15.2 Å². The maximum absolute atomic E-state index is 14.4. The summed E-state index contributed by atoms with van der Waals surface area (Å²) in [6, 6.07) is 37.5. The number of rotatable bonds is 12. The van der Waals surface area contributed by atoms with E-state index in [1.807, 2.05) is 121 Å². The van der Waals surface area contributed by atoms with E-state index in [0.29, 0.717) is 10.9 Å². The third kappa shape index (κ3) is 7.02. The fourth-order valence-corrected chi connectivity index (χ4v) is 8.76. The minimum Gasteiger partial charge on any atom is -0.452 e. The van der Waals surface area contributed by atoms with E-state index < -0.39 is 35.6 Å². The molecule has 3 atom stereocenters. The number of hydrogen-bond acceptors (Lipinski definition) is 11. The van der Waals surface area contributed by atoms with E-state index in [0.717, 1.165) is 22.3 Å². The van der Waals surface area contributed by atoms with Gasteiger partial charge in [0.25, 0.3) is 0 Å². The van der Waals surface area contributed by atoms with Gasteiger partial charge in [0, 0.05) is 18.1 Å². The summed E-state index contributed by atoms with van der Waals surface area (Å²) in [5, 5.41) is 12.2. The molecule has 254 valence electrons. The molecule has 3 heterocycles. The van der Waals surface area contributed by atoms with Crippen molar-refractivity contribution >= 4 is 41.4 Å². The molecule has 0 bridgehead atoms. The van der Waals surface area contributed by atoms with Gasteiger partial charge in [-0.05, 0) is 32.7 Å². The molecule has 0 spiro atoms. The van der Waals surface area contributed by atoms with Crippen LogP contribution in [-0.2, 0) is 30.4 Å². The Bertz CT molecular complexity index is 1860. The van der Waals surface area contributed by atoms with Gasteiger partial charge in [-0.3, -0.25) is 14.4 Å². The second-order valence-electron chi connectivity index (χ2n) is 12.2. The first-order chi connectivity index (χ1) is 24.4. The molecule has 2 aliphatic heterocycles. The van der Waals surface area contributed by atoms with Gasteiger partial charge >= 0.3 is 11.9 Å². The number of ether oxygens (including phenoxy) is 2. The van der Waals surface area contributed by atoms with Crippen molar-refractivity contribution in [2.75, 3.05) is 18.1 Å². The Kier molecular flexibility index (Phi) is 9.97. The lowest BCUT2D eigenvalue weighted by molar-refractivity contribution is -0.163. The van der Waals surface area contributed by atoms with Crippen molar-refractivity contribution in [2.24, 2.45) is 11.1 Å². The third-order valence-electron chi connectivity index (χ3n) is 8.76. The molecule has 0 aliphatic carbocycles. The lowest BCUT2D eigenvalue weighted by atomic mass is 9.89. The number of nitrogens with zero attached hydrogens (tertiary/aromatic N) is 5. The molecule has 0 saturated carbocycles. The highest BCUT2D eigenvalue weighted by Gasteiger charge is 2.56. The predicted octanol–water partition coefficient (Wildman–Crippen LogP) is 4.66. The first-order valence-corrected chi connectivity index (χ1v) is 18.1. The zero-order valence-electron chi connectivity index (χ0n) is 26.9. The van der Waals surface area contributed by atoms with Crippen molar-refractivity contribution in [3.8, 4) is 0 Å². The average molecular weight is 707 g/mol. The summed E-state index contributed by atoms with van der Waals surface area (Å²) < 4.78 is 13.7. The number of tetrazole rings is 1. The van der Waals surface area contributed by atoms with E-state index >= 15 is 0 Å². The Morgan fingerprint density at radius 1 is 0.820 bits per heavy atom. The van der Waals surface area contributed by atoms with Crippen molar-refractivity contribution < 1.29 is 23.9 Å². The summed E-state index contributed by atoms with van der Waals surface area (Å²) >= 11 is 2.69. The number of fused-ring (bicyclic) bond motifs is 1. The Balaban J connectivity index is 1.10. The van der Waals surface area contributed by atoms with E-state index in [1.54, 1.807) is 4.90 Å². The van der Waals surface area contributed by atoms with Crippen LogP contribution in [0.4, 0.5) is 0 Å². The molecule has 2 aliphatic rings. The first kappa shape index (κ1) is 33.5. The molecule has 0 radical (unpaired) electrons. The number of benzene rings is 4. The largest absolute Gasteiger partial charge is 0.452 e. The van der Waals surface area contributed by atoms with E-state index in [2.05, 4.69) is 15.5 Å². The van der Waals surface area contributed by atoms with Crippen LogP contribution in [0, 0.1) is 5.41 Å². The quantitative estimate of drug-likeness (QED) is 0.110. The van der Waals surface area contributed by atoms with Gasteiger partial charge in [0.15, 0.2) is 12.2 Å². The first-order valence-electron chi connectivity index (χ1n) is 16.1. The van der Waals surface area contributed by atoms with Crippen molar-refractivity contribution in [1.82, 2.24) is 25.1 Å². The molecule has 5 aromatic rings. The van der Waals surface area contributed by atoms with Gasteiger partial charge in [-0.15, -0.1) is 16.9 Å². The number of β-lactam (4-membered cyclic amide) rings is 1. The van der Waals surface area contributed by atoms with Crippen molar-refractivity contribution in [3.05, 3.63) is 144 Å². The second kappa shape index (κ2) is 14.9. The van der Waals surface area contributed by atoms with Crippen LogP contribution >= 0.6 is 23.5 Å². The smallest absolute Gasteiger partial charge is 0.328 e. The van der Waals surface area contributed by atoms with Gasteiger partial charge in [-0.2, -0.15) is 0 Å². The van der Waals surface area contributed by atoms with Gasteiger partial charge in [0.05, 0.1) is 0 Å². The van der Waals surface area contributed by atoms with Crippen molar-refractivity contribution in [2.45, 2.75) is 35.3 Å². The predicted molar refractivity (Wildman–Crippen MR) is 189 cm³/mol. The van der Waals surface area contributed by atoms with Crippen LogP contribution in [0.2, 0.25) is 0 Å². The molecule has 2 unspecified atom stereocenters.